The highest BCUT2D eigenvalue weighted by molar-refractivity contribution is 5.36. The minimum atomic E-state index is -0.604. The van der Waals surface area contributed by atoms with E-state index in [1.807, 2.05) is 12.1 Å². The van der Waals surface area contributed by atoms with E-state index in [0.29, 0.717) is 12.5 Å². The molecule has 4 heteroatoms. The van der Waals surface area contributed by atoms with Crippen LogP contribution in [0, 0.1) is 6.92 Å². The second-order valence-corrected chi connectivity index (χ2v) is 6.28. The van der Waals surface area contributed by atoms with E-state index >= 15 is 0 Å². The summed E-state index contributed by atoms with van der Waals surface area (Å²) in [5, 5.41) is 9.97. The van der Waals surface area contributed by atoms with Crippen molar-refractivity contribution in [2.75, 3.05) is 26.4 Å². The van der Waals surface area contributed by atoms with E-state index in [4.69, 9.17) is 14.2 Å². The van der Waals surface area contributed by atoms with Crippen LogP contribution in [0.1, 0.15) is 43.7 Å². The smallest absolute Gasteiger partial charge is 0.119 e. The molecule has 1 aromatic rings. The molecule has 1 saturated heterocycles. The Morgan fingerprint density at radius 2 is 1.95 bits per heavy atom. The highest BCUT2D eigenvalue weighted by Gasteiger charge is 2.16. The molecule has 0 aromatic heterocycles. The van der Waals surface area contributed by atoms with Crippen LogP contribution < -0.4 is 4.74 Å². The Bertz CT molecular complexity index is 452. The molecule has 1 unspecified atom stereocenters. The Balaban J connectivity index is 1.73. The summed E-state index contributed by atoms with van der Waals surface area (Å²) < 4.78 is 16.6. The lowest BCUT2D eigenvalue weighted by Gasteiger charge is -2.23. The van der Waals surface area contributed by atoms with E-state index in [1.54, 1.807) is 0 Å². The molecular formula is C18H28O4. The van der Waals surface area contributed by atoms with Gasteiger partial charge in [-0.2, -0.15) is 0 Å². The van der Waals surface area contributed by atoms with Gasteiger partial charge in [-0.05, 0) is 48.9 Å². The molecule has 2 rings (SSSR count). The third kappa shape index (κ3) is 5.27. The van der Waals surface area contributed by atoms with Crippen LogP contribution in [0.5, 0.6) is 5.75 Å². The van der Waals surface area contributed by atoms with Crippen molar-refractivity contribution in [1.82, 2.24) is 0 Å². The van der Waals surface area contributed by atoms with E-state index in [0.717, 1.165) is 31.8 Å². The van der Waals surface area contributed by atoms with Crippen molar-refractivity contribution in [3.63, 3.8) is 0 Å². The molecule has 0 spiro atoms. The van der Waals surface area contributed by atoms with Crippen molar-refractivity contribution in [3.05, 3.63) is 29.3 Å². The number of aliphatic hydroxyl groups is 1. The van der Waals surface area contributed by atoms with Gasteiger partial charge in [0.05, 0.1) is 12.7 Å². The van der Waals surface area contributed by atoms with Crippen molar-refractivity contribution in [1.29, 1.82) is 0 Å². The van der Waals surface area contributed by atoms with Crippen molar-refractivity contribution < 1.29 is 19.3 Å². The molecule has 1 aliphatic rings. The van der Waals surface area contributed by atoms with Crippen molar-refractivity contribution in [2.24, 2.45) is 0 Å². The number of benzene rings is 1. The summed E-state index contributed by atoms with van der Waals surface area (Å²) >= 11 is 0. The zero-order chi connectivity index (χ0) is 15.9. The van der Waals surface area contributed by atoms with Crippen molar-refractivity contribution in [3.8, 4) is 5.75 Å². The fraction of sp³-hybridized carbons (Fsp3) is 0.667. The van der Waals surface area contributed by atoms with Gasteiger partial charge in [-0.3, -0.25) is 0 Å². The fourth-order valence-electron chi connectivity index (χ4n) is 2.72. The lowest BCUT2D eigenvalue weighted by molar-refractivity contribution is -0.0659. The number of ether oxygens (including phenoxy) is 3. The summed E-state index contributed by atoms with van der Waals surface area (Å²) in [5.41, 5.74) is 2.55. The van der Waals surface area contributed by atoms with E-state index in [9.17, 15) is 5.11 Å². The summed E-state index contributed by atoms with van der Waals surface area (Å²) in [4.78, 5) is 0. The SMILES string of the molecule is Cc1cc(OCC(O)COC2CCOCC2)ccc1C(C)C. The number of aliphatic hydroxyl groups excluding tert-OH is 1. The third-order valence-electron chi connectivity index (χ3n) is 4.00. The van der Waals surface area contributed by atoms with Gasteiger partial charge < -0.3 is 19.3 Å². The first-order chi connectivity index (χ1) is 10.6. The third-order valence-corrected chi connectivity index (χ3v) is 4.00. The molecule has 0 aliphatic carbocycles. The number of hydrogen-bond donors (Lipinski definition) is 1. The minimum Gasteiger partial charge on any atom is -0.491 e. The molecule has 1 atom stereocenters. The zero-order valence-electron chi connectivity index (χ0n) is 13.9. The van der Waals surface area contributed by atoms with E-state index in [1.165, 1.54) is 11.1 Å². The lowest BCUT2D eigenvalue weighted by atomic mass is 9.98. The summed E-state index contributed by atoms with van der Waals surface area (Å²) in [6, 6.07) is 6.09. The summed E-state index contributed by atoms with van der Waals surface area (Å²) in [6.45, 7) is 8.52. The van der Waals surface area contributed by atoms with Gasteiger partial charge in [0, 0.05) is 13.2 Å². The molecule has 1 heterocycles. The molecule has 4 nitrogen and oxygen atoms in total. The van der Waals surface area contributed by atoms with Crippen LogP contribution in [0.3, 0.4) is 0 Å². The average molecular weight is 308 g/mol. The quantitative estimate of drug-likeness (QED) is 0.841. The fourth-order valence-corrected chi connectivity index (χ4v) is 2.72. The lowest BCUT2D eigenvalue weighted by Crippen LogP contribution is -2.30. The minimum absolute atomic E-state index is 0.205. The van der Waals surface area contributed by atoms with Gasteiger partial charge in [-0.25, -0.2) is 0 Å². The molecule has 22 heavy (non-hydrogen) atoms. The van der Waals surface area contributed by atoms with Gasteiger partial charge in [-0.1, -0.05) is 19.9 Å². The molecule has 1 fully saturated rings. The Kier molecular flexibility index (Phi) is 6.68. The zero-order valence-corrected chi connectivity index (χ0v) is 13.9. The maximum atomic E-state index is 9.97. The van der Waals surface area contributed by atoms with Gasteiger partial charge in [0.15, 0.2) is 0 Å². The van der Waals surface area contributed by atoms with Crippen LogP contribution in [0.4, 0.5) is 0 Å². The van der Waals surface area contributed by atoms with Crippen LogP contribution in [0.25, 0.3) is 0 Å². The molecule has 1 aliphatic heterocycles. The maximum absolute atomic E-state index is 9.97. The number of aryl methyl sites for hydroxylation is 1. The van der Waals surface area contributed by atoms with Gasteiger partial charge in [0.25, 0.3) is 0 Å². The second-order valence-electron chi connectivity index (χ2n) is 6.28. The summed E-state index contributed by atoms with van der Waals surface area (Å²) in [6.07, 6.45) is 1.41. The summed E-state index contributed by atoms with van der Waals surface area (Å²) in [7, 11) is 0. The van der Waals surface area contributed by atoms with E-state index in [2.05, 4.69) is 26.8 Å². The predicted octanol–water partition coefficient (Wildman–Crippen LogP) is 3.05. The Morgan fingerprint density at radius 3 is 2.59 bits per heavy atom. The number of rotatable bonds is 7. The molecule has 1 aromatic carbocycles. The maximum Gasteiger partial charge on any atom is 0.119 e. The monoisotopic (exact) mass is 308 g/mol. The van der Waals surface area contributed by atoms with E-state index < -0.39 is 6.10 Å². The van der Waals surface area contributed by atoms with Gasteiger partial charge in [-0.15, -0.1) is 0 Å². The molecule has 0 radical (unpaired) electrons. The largest absolute Gasteiger partial charge is 0.491 e. The number of hydrogen-bond acceptors (Lipinski definition) is 4. The first-order valence-corrected chi connectivity index (χ1v) is 8.17. The van der Waals surface area contributed by atoms with Gasteiger partial charge >= 0.3 is 0 Å². The van der Waals surface area contributed by atoms with Gasteiger partial charge in [0.2, 0.25) is 0 Å². The molecule has 0 bridgehead atoms. The summed E-state index contributed by atoms with van der Waals surface area (Å²) in [5.74, 6) is 1.31. The standard InChI is InChI=1S/C18H28O4/c1-13(2)18-5-4-17(10-14(18)3)22-12-15(19)11-21-16-6-8-20-9-7-16/h4-5,10,13,15-16,19H,6-9,11-12H2,1-3H3. The predicted molar refractivity (Wildman–Crippen MR) is 86.6 cm³/mol. The Hall–Kier alpha value is -1.10. The second kappa shape index (κ2) is 8.51. The van der Waals surface area contributed by atoms with Crippen LogP contribution in [0.2, 0.25) is 0 Å². The van der Waals surface area contributed by atoms with Crippen molar-refractivity contribution in [2.45, 2.75) is 51.7 Å². The molecular weight excluding hydrogens is 280 g/mol. The highest BCUT2D eigenvalue weighted by Crippen LogP contribution is 2.23. The Morgan fingerprint density at radius 1 is 1.23 bits per heavy atom. The topological polar surface area (TPSA) is 47.9 Å². The van der Waals surface area contributed by atoms with Crippen LogP contribution in [0.15, 0.2) is 18.2 Å². The average Bonchev–Trinajstić information content (AvgIpc) is 2.51. The molecule has 124 valence electrons. The molecule has 0 amide bonds. The Labute approximate surface area is 133 Å². The van der Waals surface area contributed by atoms with Crippen LogP contribution in [-0.2, 0) is 9.47 Å². The molecule has 0 saturated carbocycles. The first-order valence-electron chi connectivity index (χ1n) is 8.17. The normalized spacial score (nSPS) is 17.7. The van der Waals surface area contributed by atoms with E-state index in [-0.39, 0.29) is 12.7 Å². The van der Waals surface area contributed by atoms with Crippen LogP contribution >= 0.6 is 0 Å². The van der Waals surface area contributed by atoms with Gasteiger partial charge in [0.1, 0.15) is 18.5 Å². The first kappa shape index (κ1) is 17.3. The van der Waals surface area contributed by atoms with Crippen LogP contribution in [-0.4, -0.2) is 43.7 Å². The highest BCUT2D eigenvalue weighted by atomic mass is 16.5. The van der Waals surface area contributed by atoms with Crippen molar-refractivity contribution >= 4 is 0 Å². The molecule has 1 N–H and O–H groups in total.